The van der Waals surface area contributed by atoms with Crippen molar-refractivity contribution >= 4 is 32.6 Å². The Hall–Kier alpha value is -0.440. The molecule has 10 nitrogen and oxygen atoms in total. The molecule has 1 rings (SSSR count). The van der Waals surface area contributed by atoms with Crippen LogP contribution in [0.2, 0.25) is 0 Å². The summed E-state index contributed by atoms with van der Waals surface area (Å²) in [6.45, 7) is 3.92. The lowest BCUT2D eigenvalue weighted by atomic mass is 10.4. The first-order chi connectivity index (χ1) is 9.62. The third kappa shape index (κ3) is 38.2. The molecule has 0 saturated heterocycles. The van der Waals surface area contributed by atoms with Crippen LogP contribution < -0.4 is 0 Å². The van der Waals surface area contributed by atoms with Crippen LogP contribution in [0, 0.1) is 0 Å². The smallest absolute Gasteiger partial charge is 0.289 e. The summed E-state index contributed by atoms with van der Waals surface area (Å²) in [5, 5.41) is 0. The van der Waals surface area contributed by atoms with E-state index >= 15 is 0 Å². The lowest BCUT2D eigenvalue weighted by Gasteiger charge is -1.95. The highest BCUT2D eigenvalue weighted by atomic mass is 32.3. The van der Waals surface area contributed by atoms with Gasteiger partial charge >= 0.3 is 20.8 Å². The Morgan fingerprint density at radius 2 is 1.24 bits per heavy atom. The highest BCUT2D eigenvalue weighted by Gasteiger charge is 2.01. The van der Waals surface area contributed by atoms with Crippen LogP contribution >= 0.6 is 11.8 Å². The molecule has 130 valence electrons. The molecule has 0 aliphatic rings. The Labute approximate surface area is 128 Å². The molecule has 3 N–H and O–H groups in total. The predicted molar refractivity (Wildman–Crippen MR) is 75.8 cm³/mol. The molecule has 0 unspecified atom stereocenters. The molecule has 21 heavy (non-hydrogen) atoms. The molecule has 0 atom stereocenters. The van der Waals surface area contributed by atoms with E-state index in [2.05, 4.69) is 16.9 Å². The maximum Gasteiger partial charge on any atom is 0.397 e. The molecular weight excluding hydrogens is 350 g/mol. The van der Waals surface area contributed by atoms with Gasteiger partial charge in [0.25, 0.3) is 0 Å². The summed E-state index contributed by atoms with van der Waals surface area (Å²) in [6.07, 6.45) is 2.96. The first-order valence-electron chi connectivity index (χ1n) is 5.93. The highest BCUT2D eigenvalue weighted by molar-refractivity contribution is 7.81. The Bertz CT molecular complexity index is 433. The number of hydrogen-bond acceptors (Lipinski definition) is 8. The number of nitrogens with one attached hydrogen (secondary N) is 1. The van der Waals surface area contributed by atoms with Crippen molar-refractivity contribution in [1.29, 1.82) is 0 Å². The molecular formula is C8H21NO9S3. The average Bonchev–Trinajstić information content (AvgIpc) is 3.14. The molecule has 1 heterocycles. The normalized spacial score (nSPS) is 11.2. The van der Waals surface area contributed by atoms with Gasteiger partial charge in [0, 0.05) is 0 Å². The van der Waals surface area contributed by atoms with Gasteiger partial charge in [-0.15, -0.1) is 4.55 Å². The van der Waals surface area contributed by atoms with Gasteiger partial charge < -0.3 is 0 Å². The van der Waals surface area contributed by atoms with E-state index in [0.717, 1.165) is 12.8 Å². The number of aromatic amines is 1. The van der Waals surface area contributed by atoms with Crippen LogP contribution in [-0.2, 0) is 29.2 Å². The van der Waals surface area contributed by atoms with Crippen LogP contribution in [0.4, 0.5) is 0 Å². The van der Waals surface area contributed by atoms with Crippen molar-refractivity contribution in [2.24, 2.45) is 0 Å². The lowest BCUT2D eigenvalue weighted by molar-refractivity contribution is 0.263. The second-order valence-electron chi connectivity index (χ2n) is 3.46. The number of unbranched alkanes of at least 4 members (excludes halogenated alkanes) is 2. The summed E-state index contributed by atoms with van der Waals surface area (Å²) in [5.41, 5.74) is 0. The zero-order valence-electron chi connectivity index (χ0n) is 11.7. The van der Waals surface area contributed by atoms with Crippen LogP contribution in [0.3, 0.4) is 0 Å². The third-order valence-corrected chi connectivity index (χ3v) is 2.64. The maximum absolute atomic E-state index is 9.84. The highest BCUT2D eigenvalue weighted by Crippen LogP contribution is 1.92. The molecule has 0 bridgehead atoms. The summed E-state index contributed by atoms with van der Waals surface area (Å²) in [7, 11) is -8.39. The topological polar surface area (TPSA) is 156 Å². The average molecular weight is 371 g/mol. The van der Waals surface area contributed by atoms with Crippen LogP contribution in [0.25, 0.3) is 0 Å². The van der Waals surface area contributed by atoms with E-state index < -0.39 is 20.8 Å². The molecule has 0 aliphatic carbocycles. The summed E-state index contributed by atoms with van der Waals surface area (Å²) < 4.78 is 69.9. The summed E-state index contributed by atoms with van der Waals surface area (Å²) in [5.74, 6) is 0. The number of H-pyrrole nitrogens is 1. The van der Waals surface area contributed by atoms with Gasteiger partial charge in [0.1, 0.15) is 0 Å². The molecule has 0 radical (unpaired) electrons. The summed E-state index contributed by atoms with van der Waals surface area (Å²) in [6, 6.07) is 0. The minimum Gasteiger partial charge on any atom is -0.289 e. The first kappa shape index (κ1) is 22.8. The van der Waals surface area contributed by atoms with Crippen molar-refractivity contribution in [2.45, 2.75) is 39.5 Å². The SMILES string of the molecule is CCCCOS(=O)(=O)O.CCCCOS(=O)(=O)O.[nH]1os1. The summed E-state index contributed by atoms with van der Waals surface area (Å²) in [4.78, 5) is 0. The van der Waals surface area contributed by atoms with Crippen molar-refractivity contribution in [3.63, 3.8) is 0 Å². The predicted octanol–water partition coefficient (Wildman–Crippen LogP) is 1.88. The molecule has 0 spiro atoms. The van der Waals surface area contributed by atoms with Crippen molar-refractivity contribution in [3.8, 4) is 0 Å². The van der Waals surface area contributed by atoms with Gasteiger partial charge in [0.05, 0.1) is 13.2 Å². The van der Waals surface area contributed by atoms with Gasteiger partial charge in [-0.05, 0) is 12.8 Å². The van der Waals surface area contributed by atoms with Gasteiger partial charge in [-0.25, -0.2) is 8.37 Å². The van der Waals surface area contributed by atoms with Gasteiger partial charge in [-0.1, -0.05) is 26.7 Å². The van der Waals surface area contributed by atoms with E-state index in [1.165, 1.54) is 11.8 Å². The molecule has 1 aromatic rings. The molecule has 0 fully saturated rings. The molecule has 13 heteroatoms. The van der Waals surface area contributed by atoms with Crippen molar-refractivity contribution in [2.75, 3.05) is 13.2 Å². The Morgan fingerprint density at radius 3 is 1.38 bits per heavy atom. The Morgan fingerprint density at radius 1 is 0.952 bits per heavy atom. The van der Waals surface area contributed by atoms with Crippen LogP contribution in [-0.4, -0.2) is 43.7 Å². The molecule has 0 amide bonds. The maximum atomic E-state index is 9.84. The molecule has 0 saturated carbocycles. The van der Waals surface area contributed by atoms with Crippen molar-refractivity contribution in [1.82, 2.24) is 4.55 Å². The molecule has 0 aromatic carbocycles. The quantitative estimate of drug-likeness (QED) is 0.458. The second kappa shape index (κ2) is 13.2. The Kier molecular flexibility index (Phi) is 14.4. The zero-order chi connectivity index (χ0) is 16.8. The second-order valence-corrected chi connectivity index (χ2v) is 6.14. The monoisotopic (exact) mass is 371 g/mol. The molecule has 1 aromatic heterocycles. The fourth-order valence-electron chi connectivity index (χ4n) is 0.617. The van der Waals surface area contributed by atoms with Gasteiger partial charge in [-0.3, -0.25) is 13.1 Å². The van der Waals surface area contributed by atoms with Crippen molar-refractivity contribution < 1.29 is 38.3 Å². The standard InChI is InChI=1S/2C4H10O4S.HNOS/c2*1-2-3-4-8-9(5,6)7;1-2-3-1/h2*2-4H2,1H3,(H,5,6,7);1H. The van der Waals surface area contributed by atoms with Crippen LogP contribution in [0.5, 0.6) is 0 Å². The zero-order valence-corrected chi connectivity index (χ0v) is 14.2. The number of hydrogen-bond donors (Lipinski definition) is 3. The fraction of sp³-hybridized carbons (Fsp3) is 1.00. The lowest BCUT2D eigenvalue weighted by Crippen LogP contribution is -2.04. The van der Waals surface area contributed by atoms with E-state index in [-0.39, 0.29) is 13.2 Å². The number of rotatable bonds is 8. The van der Waals surface area contributed by atoms with Crippen LogP contribution in [0.1, 0.15) is 39.5 Å². The van der Waals surface area contributed by atoms with E-state index in [4.69, 9.17) is 9.11 Å². The largest absolute Gasteiger partial charge is 0.397 e. The third-order valence-electron chi connectivity index (χ3n) is 1.54. The minimum absolute atomic E-state index is 0.0648. The van der Waals surface area contributed by atoms with Crippen LogP contribution in [0.15, 0.2) is 3.96 Å². The minimum atomic E-state index is -4.20. The van der Waals surface area contributed by atoms with Crippen molar-refractivity contribution in [3.05, 3.63) is 0 Å². The van der Waals surface area contributed by atoms with E-state index in [9.17, 15) is 16.8 Å². The Balaban J connectivity index is 0. The van der Waals surface area contributed by atoms with E-state index in [1.807, 2.05) is 13.8 Å². The number of aromatic nitrogens is 1. The summed E-state index contributed by atoms with van der Waals surface area (Å²) >= 11 is 1.25. The first-order valence-corrected chi connectivity index (χ1v) is 9.40. The van der Waals surface area contributed by atoms with E-state index in [0.29, 0.717) is 12.8 Å². The fourth-order valence-corrected chi connectivity index (χ4v) is 1.27. The van der Waals surface area contributed by atoms with Gasteiger partial charge in [0.2, 0.25) is 0 Å². The molecule has 0 aliphatic heterocycles. The van der Waals surface area contributed by atoms with E-state index in [1.54, 1.807) is 0 Å². The van der Waals surface area contributed by atoms with Gasteiger partial charge in [0.15, 0.2) is 11.8 Å². The van der Waals surface area contributed by atoms with Gasteiger partial charge in [-0.2, -0.15) is 16.8 Å².